The van der Waals surface area contributed by atoms with Crippen molar-refractivity contribution in [3.8, 4) is 11.3 Å². The van der Waals surface area contributed by atoms with Gasteiger partial charge in [-0.2, -0.15) is 5.10 Å². The van der Waals surface area contributed by atoms with E-state index in [2.05, 4.69) is 46.3 Å². The van der Waals surface area contributed by atoms with E-state index in [1.54, 1.807) is 0 Å². The van der Waals surface area contributed by atoms with Gasteiger partial charge < -0.3 is 11.1 Å². The van der Waals surface area contributed by atoms with Gasteiger partial charge in [0.2, 0.25) is 0 Å². The van der Waals surface area contributed by atoms with E-state index in [-0.39, 0.29) is 0 Å². The van der Waals surface area contributed by atoms with Crippen LogP contribution in [-0.2, 0) is 0 Å². The molecule has 4 rings (SSSR count). The van der Waals surface area contributed by atoms with Gasteiger partial charge in [0.15, 0.2) is 0 Å². The van der Waals surface area contributed by atoms with E-state index >= 15 is 0 Å². The summed E-state index contributed by atoms with van der Waals surface area (Å²) < 4.78 is 2.16. The zero-order valence-corrected chi connectivity index (χ0v) is 14.2. The third kappa shape index (κ3) is 4.08. The third-order valence-electron chi connectivity index (χ3n) is 3.93. The Labute approximate surface area is 134 Å². The zero-order chi connectivity index (χ0) is 15.4. The molecule has 0 spiro atoms. The van der Waals surface area contributed by atoms with E-state index in [9.17, 15) is 0 Å². The number of nitrogens with one attached hydrogen (secondary N) is 1. The summed E-state index contributed by atoms with van der Waals surface area (Å²) in [4.78, 5) is 0. The molecule has 2 fully saturated rings. The molecular formula is C17H25N4P. The number of nitrogen functional groups attached to an aromatic ring is 1. The van der Waals surface area contributed by atoms with E-state index in [0.29, 0.717) is 11.6 Å². The van der Waals surface area contributed by atoms with Crippen molar-refractivity contribution < 1.29 is 0 Å². The molecule has 0 aliphatic carbocycles. The number of nitrogens with zero attached hydrogens (tertiary/aromatic N) is 2. The highest BCUT2D eigenvalue weighted by atomic mass is 31.1. The van der Waals surface area contributed by atoms with Gasteiger partial charge in [-0.3, -0.25) is 4.68 Å². The molecule has 2 atom stereocenters. The first-order valence-corrected chi connectivity index (χ1v) is 9.38. The lowest BCUT2D eigenvalue weighted by Gasteiger charge is -2.24. The summed E-state index contributed by atoms with van der Waals surface area (Å²) >= 11 is 0. The summed E-state index contributed by atoms with van der Waals surface area (Å²) in [5, 5.41) is 7.53. The van der Waals surface area contributed by atoms with E-state index in [4.69, 9.17) is 5.73 Å². The Kier molecular flexibility index (Phi) is 5.12. The smallest absolute Gasteiger partial charge is 0.146 e. The molecule has 1 aromatic heterocycles. The summed E-state index contributed by atoms with van der Waals surface area (Å²) in [7, 11) is 0.967. The van der Waals surface area contributed by atoms with Crippen molar-refractivity contribution in [3.05, 3.63) is 35.9 Å². The first-order chi connectivity index (χ1) is 10.7. The number of aromatic nitrogens is 2. The van der Waals surface area contributed by atoms with E-state index in [1.165, 1.54) is 49.6 Å². The molecule has 4 nitrogen and oxygen atoms in total. The lowest BCUT2D eigenvalue weighted by Crippen LogP contribution is -2.11. The second kappa shape index (κ2) is 7.26. The van der Waals surface area contributed by atoms with Crippen molar-refractivity contribution >= 4 is 14.4 Å². The van der Waals surface area contributed by atoms with Crippen LogP contribution in [0.1, 0.15) is 30.6 Å². The SMILES string of the molecule is C1CN1.Cc1ccc(-c2cc(N)nn2C2CCCCP2)cc1. The first-order valence-electron chi connectivity index (χ1n) is 8.10. The number of benzene rings is 1. The summed E-state index contributed by atoms with van der Waals surface area (Å²) in [5.74, 6) is 1.17. The lowest BCUT2D eigenvalue weighted by atomic mass is 10.1. The molecule has 2 aliphatic heterocycles. The van der Waals surface area contributed by atoms with Crippen molar-refractivity contribution in [2.75, 3.05) is 25.0 Å². The van der Waals surface area contributed by atoms with Crippen LogP contribution >= 0.6 is 8.58 Å². The van der Waals surface area contributed by atoms with E-state index in [1.807, 2.05) is 6.07 Å². The second-order valence-electron chi connectivity index (χ2n) is 5.98. The topological polar surface area (TPSA) is 65.8 Å². The van der Waals surface area contributed by atoms with Crippen LogP contribution in [0.4, 0.5) is 5.82 Å². The normalized spacial score (nSPS) is 21.2. The van der Waals surface area contributed by atoms with Gasteiger partial charge in [-0.1, -0.05) is 44.8 Å². The molecule has 0 bridgehead atoms. The van der Waals surface area contributed by atoms with Gasteiger partial charge in [-0.15, -0.1) is 0 Å². The number of hydrogen-bond donors (Lipinski definition) is 2. The molecule has 1 aromatic carbocycles. The fourth-order valence-electron chi connectivity index (χ4n) is 2.63. The fraction of sp³-hybridized carbons (Fsp3) is 0.471. The average molecular weight is 316 g/mol. The third-order valence-corrected chi connectivity index (χ3v) is 5.58. The van der Waals surface area contributed by atoms with Gasteiger partial charge >= 0.3 is 0 Å². The van der Waals surface area contributed by atoms with Gasteiger partial charge in [0.1, 0.15) is 5.82 Å². The average Bonchev–Trinajstić information content (AvgIpc) is 3.38. The van der Waals surface area contributed by atoms with Crippen LogP contribution < -0.4 is 11.1 Å². The summed E-state index contributed by atoms with van der Waals surface area (Å²) in [6.07, 6.45) is 5.24. The van der Waals surface area contributed by atoms with Crippen LogP contribution in [0.25, 0.3) is 11.3 Å². The Bertz CT molecular complexity index is 595. The highest BCUT2D eigenvalue weighted by molar-refractivity contribution is 7.38. The van der Waals surface area contributed by atoms with Gasteiger partial charge in [-0.25, -0.2) is 0 Å². The van der Waals surface area contributed by atoms with Crippen molar-refractivity contribution in [2.24, 2.45) is 0 Å². The minimum atomic E-state index is 0.544. The second-order valence-corrected chi connectivity index (χ2v) is 7.56. The molecule has 3 heterocycles. The predicted molar refractivity (Wildman–Crippen MR) is 95.8 cm³/mol. The maximum absolute atomic E-state index is 5.92. The van der Waals surface area contributed by atoms with Crippen LogP contribution in [0.2, 0.25) is 0 Å². The Morgan fingerprint density at radius 3 is 2.55 bits per heavy atom. The van der Waals surface area contributed by atoms with Gasteiger partial charge in [-0.05, 0) is 31.5 Å². The quantitative estimate of drug-likeness (QED) is 0.659. The molecule has 5 heteroatoms. The molecule has 0 radical (unpaired) electrons. The van der Waals surface area contributed by atoms with Crippen molar-refractivity contribution in [1.29, 1.82) is 0 Å². The van der Waals surface area contributed by atoms with Gasteiger partial charge in [0.25, 0.3) is 0 Å². The van der Waals surface area contributed by atoms with E-state index < -0.39 is 0 Å². The molecule has 2 aliphatic rings. The highest BCUT2D eigenvalue weighted by Gasteiger charge is 2.20. The lowest BCUT2D eigenvalue weighted by molar-refractivity contribution is 0.524. The Hall–Kier alpha value is -1.38. The number of aryl methyl sites for hydroxylation is 1. The highest BCUT2D eigenvalue weighted by Crippen LogP contribution is 2.41. The van der Waals surface area contributed by atoms with Crippen molar-refractivity contribution in [2.45, 2.75) is 32.0 Å². The predicted octanol–water partition coefficient (Wildman–Crippen LogP) is 3.39. The monoisotopic (exact) mass is 316 g/mol. The fourth-order valence-corrected chi connectivity index (χ4v) is 4.20. The molecule has 0 saturated carbocycles. The van der Waals surface area contributed by atoms with Crippen LogP contribution in [-0.4, -0.2) is 29.0 Å². The maximum Gasteiger partial charge on any atom is 0.146 e. The Balaban J connectivity index is 0.000000429. The molecule has 22 heavy (non-hydrogen) atoms. The number of hydrogen-bond acceptors (Lipinski definition) is 3. The molecule has 3 N–H and O–H groups in total. The Morgan fingerprint density at radius 1 is 1.23 bits per heavy atom. The van der Waals surface area contributed by atoms with Gasteiger partial charge in [0, 0.05) is 19.2 Å². The standard InChI is InChI=1S/C15H20N3P.C2H5N/c1-11-5-7-12(8-6-11)13-10-14(16)17-18(13)15-4-2-3-9-19-15;1-2-3-1/h5-8,10,15,19H,2-4,9H2,1H3,(H2,16,17);3H,1-2H2. The van der Waals surface area contributed by atoms with Gasteiger partial charge in [0.05, 0.1) is 11.5 Å². The molecule has 118 valence electrons. The largest absolute Gasteiger partial charge is 0.382 e. The maximum atomic E-state index is 5.92. The summed E-state index contributed by atoms with van der Waals surface area (Å²) in [6.45, 7) is 4.61. The van der Waals surface area contributed by atoms with Crippen molar-refractivity contribution in [3.63, 3.8) is 0 Å². The van der Waals surface area contributed by atoms with Crippen LogP contribution in [0.15, 0.2) is 30.3 Å². The number of rotatable bonds is 2. The zero-order valence-electron chi connectivity index (χ0n) is 13.2. The molecule has 0 amide bonds. The van der Waals surface area contributed by atoms with Crippen LogP contribution in [0.5, 0.6) is 0 Å². The summed E-state index contributed by atoms with van der Waals surface area (Å²) in [6, 6.07) is 10.6. The molecule has 2 saturated heterocycles. The van der Waals surface area contributed by atoms with Crippen LogP contribution in [0.3, 0.4) is 0 Å². The molecule has 2 unspecified atom stereocenters. The molecule has 2 aromatic rings. The Morgan fingerprint density at radius 2 is 1.95 bits per heavy atom. The van der Waals surface area contributed by atoms with Crippen LogP contribution in [0, 0.1) is 6.92 Å². The number of anilines is 1. The first kappa shape index (κ1) is 15.5. The molecular weight excluding hydrogens is 291 g/mol. The minimum Gasteiger partial charge on any atom is -0.382 e. The minimum absolute atomic E-state index is 0.544. The van der Waals surface area contributed by atoms with E-state index in [0.717, 1.165) is 14.3 Å². The number of nitrogens with two attached hydrogens (primary N) is 1. The summed E-state index contributed by atoms with van der Waals surface area (Å²) in [5.41, 5.74) is 9.58. The van der Waals surface area contributed by atoms with Crippen molar-refractivity contribution in [1.82, 2.24) is 15.1 Å².